The number of fused-ring (bicyclic) bond motifs is 3. The van der Waals surface area contributed by atoms with E-state index in [0.29, 0.717) is 17.5 Å². The van der Waals surface area contributed by atoms with Gasteiger partial charge in [0.25, 0.3) is 5.91 Å². The molecule has 0 aromatic heterocycles. The Bertz CT molecular complexity index is 1360. The van der Waals surface area contributed by atoms with Crippen molar-refractivity contribution >= 4 is 35.0 Å². The summed E-state index contributed by atoms with van der Waals surface area (Å²) in [5.41, 5.74) is 1.12. The fourth-order valence-electron chi connectivity index (χ4n) is 4.85. The number of aliphatic hydroxyl groups excluding tert-OH is 1. The summed E-state index contributed by atoms with van der Waals surface area (Å²) in [6.07, 6.45) is 0.497. The molecule has 0 heterocycles. The number of hydrogen-bond acceptors (Lipinski definition) is 9. The van der Waals surface area contributed by atoms with Gasteiger partial charge < -0.3 is 25.0 Å². The lowest BCUT2D eigenvalue weighted by molar-refractivity contribution is -0.132. The molecule has 0 saturated carbocycles. The third-order valence-corrected chi connectivity index (χ3v) is 6.15. The number of ether oxygens (including phenoxy) is 1. The zero-order chi connectivity index (χ0) is 25.8. The molecule has 10 nitrogen and oxygen atoms in total. The van der Waals surface area contributed by atoms with Crippen molar-refractivity contribution in [2.45, 2.75) is 26.7 Å². The quantitative estimate of drug-likeness (QED) is 0.383. The van der Waals surface area contributed by atoms with E-state index in [0.717, 1.165) is 12.6 Å². The Balaban J connectivity index is 1.93. The average molecular weight is 480 g/mol. The first-order valence-corrected chi connectivity index (χ1v) is 10.8. The van der Waals surface area contributed by atoms with Crippen LogP contribution in [0.3, 0.4) is 0 Å². The number of aromatic hydroxyl groups is 2. The molecule has 0 unspecified atom stereocenters. The molecule has 0 aliphatic heterocycles. The second-order valence-corrected chi connectivity index (χ2v) is 8.78. The molecule has 2 aliphatic carbocycles. The van der Waals surface area contributed by atoms with E-state index in [1.54, 1.807) is 6.07 Å². The lowest BCUT2D eigenvalue weighted by Crippen LogP contribution is -2.32. The van der Waals surface area contributed by atoms with Gasteiger partial charge in [0.2, 0.25) is 5.91 Å². The topological polar surface area (TPSA) is 153 Å². The normalized spacial score (nSPS) is 16.1. The SMILES string of the molecule is CC(=O)NC(=O)c1c(O)cc2c(c1O)C(=O)C1=C(O)c3c(OC(C)=O)ccc(N(C)C)c3C[C@H]1C2. The van der Waals surface area contributed by atoms with E-state index in [1.807, 2.05) is 24.3 Å². The van der Waals surface area contributed by atoms with Gasteiger partial charge in [0.1, 0.15) is 28.6 Å². The summed E-state index contributed by atoms with van der Waals surface area (Å²) in [5.74, 6) is -5.24. The third-order valence-electron chi connectivity index (χ3n) is 6.15. The standard InChI is InChI=1S/C25H24N2O8/c1-10(28)26-25(34)21-16(30)9-13-7-12-8-14-15(27(3)4)5-6-17(35-11(2)29)20(14)23(32)18(12)22(31)19(13)24(21)33/h5-6,9,12,30,32-33H,7-8H2,1-4H3,(H,26,28,34)/t12-/m1/s1. The van der Waals surface area contributed by atoms with Gasteiger partial charge in [-0.05, 0) is 48.1 Å². The van der Waals surface area contributed by atoms with E-state index < -0.39 is 46.5 Å². The smallest absolute Gasteiger partial charge is 0.308 e. The number of Topliss-reactive ketones (excluding diaryl/α,β-unsaturated/α-hetero) is 1. The minimum Gasteiger partial charge on any atom is -0.507 e. The summed E-state index contributed by atoms with van der Waals surface area (Å²) in [4.78, 5) is 50.8. The predicted molar refractivity (Wildman–Crippen MR) is 125 cm³/mol. The van der Waals surface area contributed by atoms with Crippen molar-refractivity contribution in [3.05, 3.63) is 51.6 Å². The molecule has 1 atom stereocenters. The number of phenols is 2. The number of amides is 2. The Morgan fingerprint density at radius 3 is 2.34 bits per heavy atom. The van der Waals surface area contributed by atoms with E-state index in [1.165, 1.54) is 19.1 Å². The highest BCUT2D eigenvalue weighted by atomic mass is 16.5. The van der Waals surface area contributed by atoms with Gasteiger partial charge in [-0.1, -0.05) is 0 Å². The minimum absolute atomic E-state index is 0.00761. The molecule has 0 saturated heterocycles. The van der Waals surface area contributed by atoms with Gasteiger partial charge in [-0.2, -0.15) is 0 Å². The Hall–Kier alpha value is -4.34. The van der Waals surface area contributed by atoms with Crippen molar-refractivity contribution in [3.8, 4) is 17.2 Å². The Kier molecular flexibility index (Phi) is 5.75. The molecular weight excluding hydrogens is 456 g/mol. The molecule has 35 heavy (non-hydrogen) atoms. The van der Waals surface area contributed by atoms with E-state index in [-0.39, 0.29) is 34.6 Å². The molecule has 0 bridgehead atoms. The largest absolute Gasteiger partial charge is 0.507 e. The highest BCUT2D eigenvalue weighted by molar-refractivity contribution is 6.19. The number of allylic oxidation sites excluding steroid dienone is 1. The van der Waals surface area contributed by atoms with Crippen LogP contribution in [0.25, 0.3) is 5.76 Å². The van der Waals surface area contributed by atoms with Crippen molar-refractivity contribution in [2.24, 2.45) is 5.92 Å². The second-order valence-electron chi connectivity index (χ2n) is 8.78. The van der Waals surface area contributed by atoms with Crippen molar-refractivity contribution in [1.82, 2.24) is 5.32 Å². The van der Waals surface area contributed by atoms with Gasteiger partial charge in [0.15, 0.2) is 5.78 Å². The monoisotopic (exact) mass is 480 g/mol. The molecule has 0 radical (unpaired) electrons. The number of aliphatic hydroxyl groups is 1. The number of esters is 1. The maximum absolute atomic E-state index is 13.6. The Morgan fingerprint density at radius 2 is 1.74 bits per heavy atom. The first-order valence-electron chi connectivity index (χ1n) is 10.8. The van der Waals surface area contributed by atoms with Crippen LogP contribution in [0.5, 0.6) is 17.2 Å². The van der Waals surface area contributed by atoms with Crippen LogP contribution in [-0.4, -0.2) is 53.0 Å². The highest BCUT2D eigenvalue weighted by Crippen LogP contribution is 2.49. The summed E-state index contributed by atoms with van der Waals surface area (Å²) >= 11 is 0. The van der Waals surface area contributed by atoms with Crippen LogP contribution >= 0.6 is 0 Å². The molecule has 182 valence electrons. The number of carbonyl (C=O) groups excluding carboxylic acids is 4. The molecular formula is C25H24N2O8. The number of ketones is 1. The number of nitrogens with zero attached hydrogens (tertiary/aromatic N) is 1. The molecule has 2 aliphatic rings. The van der Waals surface area contributed by atoms with Gasteiger partial charge >= 0.3 is 5.97 Å². The van der Waals surface area contributed by atoms with Gasteiger partial charge in [-0.25, -0.2) is 0 Å². The van der Waals surface area contributed by atoms with Gasteiger partial charge in [-0.3, -0.25) is 24.5 Å². The number of nitrogens with one attached hydrogen (secondary N) is 1. The van der Waals surface area contributed by atoms with Gasteiger partial charge in [0.05, 0.1) is 11.1 Å². The maximum Gasteiger partial charge on any atom is 0.308 e. The second kappa shape index (κ2) is 8.46. The fraction of sp³-hybridized carbons (Fsp3) is 0.280. The number of imide groups is 1. The van der Waals surface area contributed by atoms with Crippen LogP contribution < -0.4 is 15.0 Å². The first-order chi connectivity index (χ1) is 16.4. The molecule has 2 aromatic rings. The number of anilines is 1. The van der Waals surface area contributed by atoms with Gasteiger partial charge in [-0.15, -0.1) is 0 Å². The Labute approximate surface area is 200 Å². The molecule has 10 heteroatoms. The number of hydrogen-bond donors (Lipinski definition) is 4. The molecule has 0 spiro atoms. The summed E-state index contributed by atoms with van der Waals surface area (Å²) in [6, 6.07) is 4.51. The highest BCUT2D eigenvalue weighted by Gasteiger charge is 2.42. The van der Waals surface area contributed by atoms with E-state index in [9.17, 15) is 34.5 Å². The summed E-state index contributed by atoms with van der Waals surface area (Å²) in [6.45, 7) is 2.31. The number of benzene rings is 2. The summed E-state index contributed by atoms with van der Waals surface area (Å²) < 4.78 is 5.30. The average Bonchev–Trinajstić information content (AvgIpc) is 2.71. The number of phenolic OH excluding ortho intramolecular Hbond substituents is 2. The molecule has 2 amide bonds. The molecule has 2 aromatic carbocycles. The molecule has 0 fully saturated rings. The van der Waals surface area contributed by atoms with Crippen LogP contribution in [0, 0.1) is 5.92 Å². The predicted octanol–water partition coefficient (Wildman–Crippen LogP) is 2.25. The minimum atomic E-state index is -1.06. The summed E-state index contributed by atoms with van der Waals surface area (Å²) in [7, 11) is 3.64. The van der Waals surface area contributed by atoms with E-state index in [2.05, 4.69) is 0 Å². The van der Waals surface area contributed by atoms with Crippen molar-refractivity contribution in [2.75, 3.05) is 19.0 Å². The molecule has 4 rings (SSSR count). The molecule has 4 N–H and O–H groups in total. The van der Waals surface area contributed by atoms with Crippen LogP contribution in [0.4, 0.5) is 5.69 Å². The van der Waals surface area contributed by atoms with Gasteiger partial charge in [0, 0.05) is 39.2 Å². The zero-order valence-corrected chi connectivity index (χ0v) is 19.6. The lowest BCUT2D eigenvalue weighted by atomic mass is 9.70. The van der Waals surface area contributed by atoms with Crippen molar-refractivity contribution in [3.63, 3.8) is 0 Å². The van der Waals surface area contributed by atoms with Crippen molar-refractivity contribution in [1.29, 1.82) is 0 Å². The first kappa shape index (κ1) is 23.8. The third kappa shape index (κ3) is 3.86. The van der Waals surface area contributed by atoms with Crippen LogP contribution in [0.2, 0.25) is 0 Å². The Morgan fingerprint density at radius 1 is 1.06 bits per heavy atom. The maximum atomic E-state index is 13.6. The van der Waals surface area contributed by atoms with Crippen LogP contribution in [0.1, 0.15) is 51.3 Å². The van der Waals surface area contributed by atoms with Crippen LogP contribution in [-0.2, 0) is 22.4 Å². The zero-order valence-electron chi connectivity index (χ0n) is 19.6. The lowest BCUT2D eigenvalue weighted by Gasteiger charge is -2.34. The van der Waals surface area contributed by atoms with E-state index in [4.69, 9.17) is 4.74 Å². The summed E-state index contributed by atoms with van der Waals surface area (Å²) in [5, 5.41) is 34.4. The number of carbonyl (C=O) groups is 4. The van der Waals surface area contributed by atoms with Crippen molar-refractivity contribution < 1.29 is 39.2 Å². The number of rotatable bonds is 3. The van der Waals surface area contributed by atoms with Crippen LogP contribution in [0.15, 0.2) is 23.8 Å². The van der Waals surface area contributed by atoms with E-state index >= 15 is 0 Å². The fourth-order valence-corrected chi connectivity index (χ4v) is 4.85.